The van der Waals surface area contributed by atoms with Gasteiger partial charge in [0.2, 0.25) is 10.0 Å². The molecule has 0 atom stereocenters. The zero-order chi connectivity index (χ0) is 15.9. The van der Waals surface area contributed by atoms with Crippen LogP contribution in [0.1, 0.15) is 17.5 Å². The van der Waals surface area contributed by atoms with E-state index in [0.717, 1.165) is 0 Å². The highest BCUT2D eigenvalue weighted by Crippen LogP contribution is 2.16. The molecular formula is C15H22N2O3S. The van der Waals surface area contributed by atoms with Gasteiger partial charge in [0.1, 0.15) is 0 Å². The molecule has 5 nitrogen and oxygen atoms in total. The van der Waals surface area contributed by atoms with Gasteiger partial charge >= 0.3 is 0 Å². The number of nitrogens with zero attached hydrogens (tertiary/aromatic N) is 1. The van der Waals surface area contributed by atoms with Crippen molar-refractivity contribution in [2.75, 3.05) is 33.8 Å². The van der Waals surface area contributed by atoms with Crippen molar-refractivity contribution in [3.8, 4) is 11.8 Å². The van der Waals surface area contributed by atoms with Crippen molar-refractivity contribution in [3.63, 3.8) is 0 Å². The highest BCUT2D eigenvalue weighted by atomic mass is 32.2. The van der Waals surface area contributed by atoms with Gasteiger partial charge in [-0.15, -0.1) is 0 Å². The van der Waals surface area contributed by atoms with E-state index in [9.17, 15) is 8.42 Å². The maximum absolute atomic E-state index is 12.3. The second-order valence-corrected chi connectivity index (χ2v) is 6.69. The number of hydrogen-bond acceptors (Lipinski definition) is 4. The molecule has 0 bridgehead atoms. The van der Waals surface area contributed by atoms with Crippen molar-refractivity contribution < 1.29 is 13.5 Å². The van der Waals surface area contributed by atoms with Crippen LogP contribution >= 0.6 is 0 Å². The molecule has 0 heterocycles. The Balaban J connectivity index is 2.95. The van der Waals surface area contributed by atoms with Crippen molar-refractivity contribution in [1.82, 2.24) is 9.62 Å². The van der Waals surface area contributed by atoms with Gasteiger partial charge in [0.05, 0.1) is 11.5 Å². The lowest BCUT2D eigenvalue weighted by atomic mass is 10.1. The smallest absolute Gasteiger partial charge is 0.240 e. The first kappa shape index (κ1) is 17.7. The maximum atomic E-state index is 12.3. The molecule has 0 amide bonds. The maximum Gasteiger partial charge on any atom is 0.240 e. The predicted octanol–water partition coefficient (Wildman–Crippen LogP) is 0.569. The van der Waals surface area contributed by atoms with Gasteiger partial charge in [-0.1, -0.05) is 17.9 Å². The van der Waals surface area contributed by atoms with Crippen LogP contribution in [0.2, 0.25) is 0 Å². The van der Waals surface area contributed by atoms with Gasteiger partial charge in [0, 0.05) is 25.1 Å². The Hall–Kier alpha value is -1.39. The summed E-state index contributed by atoms with van der Waals surface area (Å²) in [5.74, 6) is 5.63. The van der Waals surface area contributed by atoms with Gasteiger partial charge in [-0.2, -0.15) is 0 Å². The molecule has 0 saturated heterocycles. The fourth-order valence-electron chi connectivity index (χ4n) is 1.67. The molecule has 0 aliphatic carbocycles. The molecule has 1 aromatic carbocycles. The fourth-order valence-corrected chi connectivity index (χ4v) is 2.96. The van der Waals surface area contributed by atoms with E-state index in [4.69, 9.17) is 5.11 Å². The van der Waals surface area contributed by atoms with Crippen LogP contribution in [0.3, 0.4) is 0 Å². The molecule has 0 fully saturated rings. The van der Waals surface area contributed by atoms with E-state index in [0.29, 0.717) is 30.6 Å². The van der Waals surface area contributed by atoms with E-state index in [2.05, 4.69) is 16.6 Å². The first-order valence-corrected chi connectivity index (χ1v) is 8.20. The third-order valence-corrected chi connectivity index (χ3v) is 4.40. The van der Waals surface area contributed by atoms with Gasteiger partial charge < -0.3 is 10.0 Å². The van der Waals surface area contributed by atoms with Crippen molar-refractivity contribution in [1.29, 1.82) is 0 Å². The van der Waals surface area contributed by atoms with Gasteiger partial charge in [-0.05, 0) is 38.7 Å². The van der Waals surface area contributed by atoms with E-state index in [1.54, 1.807) is 25.1 Å². The minimum absolute atomic E-state index is 0.00386. The summed E-state index contributed by atoms with van der Waals surface area (Å²) in [7, 11) is 0.238. The quantitative estimate of drug-likeness (QED) is 0.754. The van der Waals surface area contributed by atoms with Crippen molar-refractivity contribution in [2.45, 2.75) is 18.2 Å². The standard InChI is InChI=1S/C15H22N2O3S/c1-13-7-8-14(6-4-5-11-18)12-15(13)21(19,20)16-9-10-17(2)3/h7-8,12,16,18H,5,9-11H2,1-3H3. The van der Waals surface area contributed by atoms with Crippen molar-refractivity contribution >= 4 is 10.0 Å². The molecule has 0 aliphatic rings. The zero-order valence-electron chi connectivity index (χ0n) is 12.7. The molecular weight excluding hydrogens is 288 g/mol. The Labute approximate surface area is 127 Å². The van der Waals surface area contributed by atoms with E-state index in [-0.39, 0.29) is 11.5 Å². The number of aryl methyl sites for hydroxylation is 1. The number of aliphatic hydroxyl groups excluding tert-OH is 1. The van der Waals surface area contributed by atoms with Crippen molar-refractivity contribution in [2.24, 2.45) is 0 Å². The van der Waals surface area contributed by atoms with Gasteiger partial charge in [-0.3, -0.25) is 0 Å². The minimum atomic E-state index is -3.53. The Bertz CT molecular complexity index is 628. The van der Waals surface area contributed by atoms with Gasteiger partial charge in [-0.25, -0.2) is 13.1 Å². The van der Waals surface area contributed by atoms with Crippen LogP contribution in [-0.4, -0.2) is 52.2 Å². The Morgan fingerprint density at radius 3 is 2.67 bits per heavy atom. The number of likely N-dealkylation sites (N-methyl/N-ethyl adjacent to an activating group) is 1. The van der Waals surface area contributed by atoms with E-state index >= 15 is 0 Å². The molecule has 0 aromatic heterocycles. The lowest BCUT2D eigenvalue weighted by molar-refractivity contribution is 0.305. The second-order valence-electron chi connectivity index (χ2n) is 4.96. The molecule has 1 rings (SSSR count). The highest BCUT2D eigenvalue weighted by Gasteiger charge is 2.16. The molecule has 21 heavy (non-hydrogen) atoms. The largest absolute Gasteiger partial charge is 0.395 e. The highest BCUT2D eigenvalue weighted by molar-refractivity contribution is 7.89. The summed E-state index contributed by atoms with van der Waals surface area (Å²) in [5, 5.41) is 8.70. The molecule has 6 heteroatoms. The molecule has 0 spiro atoms. The molecule has 116 valence electrons. The first-order valence-electron chi connectivity index (χ1n) is 6.71. The molecule has 0 saturated carbocycles. The molecule has 1 aromatic rings. The number of hydrogen-bond donors (Lipinski definition) is 2. The number of aliphatic hydroxyl groups is 1. The van der Waals surface area contributed by atoms with E-state index < -0.39 is 10.0 Å². The third-order valence-electron chi connectivity index (χ3n) is 2.80. The van der Waals surface area contributed by atoms with Crippen molar-refractivity contribution in [3.05, 3.63) is 29.3 Å². The Morgan fingerprint density at radius 1 is 1.33 bits per heavy atom. The normalized spacial score (nSPS) is 11.3. The number of benzene rings is 1. The average Bonchev–Trinajstić information content (AvgIpc) is 2.40. The second kappa shape index (κ2) is 8.15. The average molecular weight is 310 g/mol. The predicted molar refractivity (Wildman–Crippen MR) is 83.5 cm³/mol. The summed E-state index contributed by atoms with van der Waals surface area (Å²) in [4.78, 5) is 2.16. The van der Waals surface area contributed by atoms with E-state index in [1.807, 2.05) is 19.0 Å². The summed E-state index contributed by atoms with van der Waals surface area (Å²) in [6, 6.07) is 5.08. The lowest BCUT2D eigenvalue weighted by Gasteiger charge is -2.12. The summed E-state index contributed by atoms with van der Waals surface area (Å²) >= 11 is 0. The van der Waals surface area contributed by atoms with Gasteiger partial charge in [0.25, 0.3) is 0 Å². The minimum Gasteiger partial charge on any atom is -0.395 e. The summed E-state index contributed by atoms with van der Waals surface area (Å²) < 4.78 is 27.2. The summed E-state index contributed by atoms with van der Waals surface area (Å²) in [6.07, 6.45) is 0.372. The van der Waals surface area contributed by atoms with Crippen LogP contribution in [0.25, 0.3) is 0 Å². The van der Waals surface area contributed by atoms with E-state index in [1.165, 1.54) is 0 Å². The molecule has 0 unspecified atom stereocenters. The molecule has 0 aliphatic heterocycles. The fraction of sp³-hybridized carbons (Fsp3) is 0.467. The molecule has 0 radical (unpaired) electrons. The Morgan fingerprint density at radius 2 is 2.05 bits per heavy atom. The summed E-state index contributed by atoms with van der Waals surface area (Å²) in [5.41, 5.74) is 1.31. The SMILES string of the molecule is Cc1ccc(C#CCCO)cc1S(=O)(=O)NCCN(C)C. The Kier molecular flexibility index (Phi) is 6.85. The third kappa shape index (κ3) is 5.86. The van der Waals surface area contributed by atoms with Crippen LogP contribution in [0.5, 0.6) is 0 Å². The molecule has 2 N–H and O–H groups in total. The number of nitrogens with one attached hydrogen (secondary N) is 1. The van der Waals surface area contributed by atoms with Crippen LogP contribution in [0.4, 0.5) is 0 Å². The van der Waals surface area contributed by atoms with Gasteiger partial charge in [0.15, 0.2) is 0 Å². The topological polar surface area (TPSA) is 69.6 Å². The number of sulfonamides is 1. The van der Waals surface area contributed by atoms with Crippen LogP contribution in [0.15, 0.2) is 23.1 Å². The lowest BCUT2D eigenvalue weighted by Crippen LogP contribution is -2.31. The van der Waals surface area contributed by atoms with Crippen LogP contribution < -0.4 is 4.72 Å². The van der Waals surface area contributed by atoms with Crippen LogP contribution in [0, 0.1) is 18.8 Å². The monoisotopic (exact) mass is 310 g/mol. The van der Waals surface area contributed by atoms with Crippen LogP contribution in [-0.2, 0) is 10.0 Å². The first-order chi connectivity index (χ1) is 9.86. The summed E-state index contributed by atoms with van der Waals surface area (Å²) in [6.45, 7) is 2.74. The number of rotatable bonds is 6. The zero-order valence-corrected chi connectivity index (χ0v) is 13.5.